The van der Waals surface area contributed by atoms with E-state index in [2.05, 4.69) is 19.2 Å². The van der Waals surface area contributed by atoms with E-state index in [1.807, 2.05) is 13.0 Å². The fourth-order valence-electron chi connectivity index (χ4n) is 8.29. The van der Waals surface area contributed by atoms with Crippen LogP contribution < -0.4 is 5.32 Å². The maximum atomic E-state index is 13.4. The van der Waals surface area contributed by atoms with Gasteiger partial charge in [-0.25, -0.2) is 4.79 Å². The van der Waals surface area contributed by atoms with Gasteiger partial charge >= 0.3 is 12.1 Å². The molecular weight excluding hydrogens is 514 g/mol. The summed E-state index contributed by atoms with van der Waals surface area (Å²) in [5.74, 6) is -1.03. The SMILES string of the molecule is C[C@H]1C[C@@H]2[C@H]([C@@H](O)C[C@@]3(C)[C@H]2CC[C@]3(O)C(=O)COC(=O)CCCNC(=O)OC(C)(C)C)[C@@]2(C)C=CC(=O)C=C12. The van der Waals surface area contributed by atoms with Gasteiger partial charge in [0.05, 0.1) is 6.10 Å². The average molecular weight is 560 g/mol. The van der Waals surface area contributed by atoms with Crippen LogP contribution in [0.2, 0.25) is 0 Å². The van der Waals surface area contributed by atoms with Crippen molar-refractivity contribution in [2.75, 3.05) is 13.2 Å². The Morgan fingerprint density at radius 3 is 2.58 bits per heavy atom. The highest BCUT2D eigenvalue weighted by Crippen LogP contribution is 2.67. The highest BCUT2D eigenvalue weighted by atomic mass is 16.6. The Morgan fingerprint density at radius 1 is 1.20 bits per heavy atom. The normalized spacial score (nSPS) is 38.5. The maximum Gasteiger partial charge on any atom is 0.407 e. The molecule has 3 fully saturated rings. The van der Waals surface area contributed by atoms with Crippen molar-refractivity contribution in [3.05, 3.63) is 23.8 Å². The first kappa shape index (κ1) is 30.4. The van der Waals surface area contributed by atoms with E-state index in [0.29, 0.717) is 12.8 Å². The number of hydrogen-bond donors (Lipinski definition) is 3. The van der Waals surface area contributed by atoms with Gasteiger partial charge in [-0.05, 0) is 82.8 Å². The van der Waals surface area contributed by atoms with E-state index < -0.39 is 52.6 Å². The molecule has 9 heteroatoms. The molecule has 8 atom stereocenters. The van der Waals surface area contributed by atoms with Crippen molar-refractivity contribution < 1.29 is 38.9 Å². The highest BCUT2D eigenvalue weighted by Gasteiger charge is 2.68. The molecule has 0 radical (unpaired) electrons. The van der Waals surface area contributed by atoms with E-state index in [0.717, 1.165) is 12.0 Å². The van der Waals surface area contributed by atoms with Gasteiger partial charge in [-0.2, -0.15) is 0 Å². The number of aliphatic hydroxyl groups excluding tert-OH is 1. The fourth-order valence-corrected chi connectivity index (χ4v) is 8.29. The molecule has 40 heavy (non-hydrogen) atoms. The number of hydrogen-bond acceptors (Lipinski definition) is 8. The molecule has 3 saturated carbocycles. The standard InChI is InChI=1S/C31H45NO8/c1-18-14-20-21-10-12-31(38,24(35)17-39-25(36)8-7-13-32-27(37)40-28(2,3)4)30(21,6)16-23(34)26(20)29(5)11-9-19(33)15-22(18)29/h9,11,15,18,20-21,23,26,34,38H,7-8,10,12-14,16-17H2,1-6H3,(H,32,37)/t18-,20-,21-,23-,26+,29-,30-,31-/m0/s1. The minimum absolute atomic E-state index is 0.00616. The average Bonchev–Trinajstić information content (AvgIpc) is 3.11. The molecule has 4 rings (SSSR count). The van der Waals surface area contributed by atoms with Crippen LogP contribution in [-0.4, -0.2) is 64.3 Å². The molecule has 0 aromatic rings. The van der Waals surface area contributed by atoms with Crippen LogP contribution in [-0.2, 0) is 23.9 Å². The fraction of sp³-hybridized carbons (Fsp3) is 0.742. The van der Waals surface area contributed by atoms with Crippen LogP contribution in [0.15, 0.2) is 23.8 Å². The Hall–Kier alpha value is -2.52. The molecule has 0 saturated heterocycles. The van der Waals surface area contributed by atoms with Gasteiger partial charge < -0.3 is 25.0 Å². The zero-order valence-corrected chi connectivity index (χ0v) is 24.6. The van der Waals surface area contributed by atoms with Crippen LogP contribution >= 0.6 is 0 Å². The van der Waals surface area contributed by atoms with Gasteiger partial charge in [0.15, 0.2) is 12.4 Å². The van der Waals surface area contributed by atoms with Crippen LogP contribution in [0.25, 0.3) is 0 Å². The summed E-state index contributed by atoms with van der Waals surface area (Å²) >= 11 is 0. The van der Waals surface area contributed by atoms with E-state index in [1.165, 1.54) is 0 Å². The molecule has 1 amide bonds. The number of ether oxygens (including phenoxy) is 2. The van der Waals surface area contributed by atoms with E-state index in [9.17, 15) is 29.4 Å². The molecule has 0 unspecified atom stereocenters. The highest BCUT2D eigenvalue weighted by molar-refractivity contribution is 6.01. The summed E-state index contributed by atoms with van der Waals surface area (Å²) < 4.78 is 10.4. The van der Waals surface area contributed by atoms with Gasteiger partial charge in [0.2, 0.25) is 5.78 Å². The third kappa shape index (κ3) is 5.39. The third-order valence-electron chi connectivity index (χ3n) is 10.0. The van der Waals surface area contributed by atoms with Crippen molar-refractivity contribution >= 4 is 23.6 Å². The quantitative estimate of drug-likeness (QED) is 0.317. The summed E-state index contributed by atoms with van der Waals surface area (Å²) in [4.78, 5) is 49.6. The number of carbonyl (C=O) groups is 4. The van der Waals surface area contributed by atoms with Crippen LogP contribution in [0.3, 0.4) is 0 Å². The zero-order valence-electron chi connectivity index (χ0n) is 24.6. The molecule has 0 bridgehead atoms. The second kappa shape index (κ2) is 10.7. The van der Waals surface area contributed by atoms with Crippen molar-refractivity contribution in [2.45, 2.75) is 97.4 Å². The Kier molecular flexibility index (Phi) is 8.15. The van der Waals surface area contributed by atoms with Gasteiger partial charge in [0.1, 0.15) is 11.2 Å². The van der Waals surface area contributed by atoms with Crippen molar-refractivity contribution in [3.8, 4) is 0 Å². The summed E-state index contributed by atoms with van der Waals surface area (Å²) in [6.45, 7) is 11.1. The lowest BCUT2D eigenvalue weighted by molar-refractivity contribution is -0.182. The number of rotatable bonds is 7. The minimum Gasteiger partial charge on any atom is -0.458 e. The molecule has 0 aromatic carbocycles. The topological polar surface area (TPSA) is 139 Å². The molecule has 3 N–H and O–H groups in total. The number of nitrogens with one attached hydrogen (secondary N) is 1. The van der Waals surface area contributed by atoms with E-state index >= 15 is 0 Å². The summed E-state index contributed by atoms with van der Waals surface area (Å²) in [5, 5.41) is 25.9. The number of amides is 1. The predicted octanol–water partition coefficient (Wildman–Crippen LogP) is 3.66. The first-order chi connectivity index (χ1) is 18.5. The van der Waals surface area contributed by atoms with Crippen LogP contribution in [0.4, 0.5) is 4.79 Å². The van der Waals surface area contributed by atoms with E-state index in [4.69, 9.17) is 9.47 Å². The third-order valence-corrected chi connectivity index (χ3v) is 10.0. The number of alkyl carbamates (subject to hydrolysis) is 1. The second-order valence-corrected chi connectivity index (χ2v) is 13.8. The first-order valence-corrected chi connectivity index (χ1v) is 14.5. The molecule has 9 nitrogen and oxygen atoms in total. The van der Waals surface area contributed by atoms with Crippen molar-refractivity contribution in [3.63, 3.8) is 0 Å². The van der Waals surface area contributed by atoms with Crippen LogP contribution in [0, 0.1) is 34.5 Å². The van der Waals surface area contributed by atoms with Gasteiger partial charge in [-0.15, -0.1) is 0 Å². The number of carbonyl (C=O) groups excluding carboxylic acids is 4. The Morgan fingerprint density at radius 2 is 1.90 bits per heavy atom. The predicted molar refractivity (Wildman–Crippen MR) is 147 cm³/mol. The van der Waals surface area contributed by atoms with E-state index in [-0.39, 0.29) is 55.3 Å². The number of aliphatic hydroxyl groups is 2. The summed E-state index contributed by atoms with van der Waals surface area (Å²) in [7, 11) is 0. The zero-order chi connectivity index (χ0) is 29.7. The molecule has 0 spiro atoms. The lowest BCUT2D eigenvalue weighted by Gasteiger charge is -2.60. The van der Waals surface area contributed by atoms with Crippen LogP contribution in [0.1, 0.15) is 80.1 Å². The Balaban J connectivity index is 1.37. The molecule has 222 valence electrons. The summed E-state index contributed by atoms with van der Waals surface area (Å²) in [6, 6.07) is 0. The monoisotopic (exact) mass is 559 g/mol. The maximum absolute atomic E-state index is 13.4. The summed E-state index contributed by atoms with van der Waals surface area (Å²) in [5.41, 5.74) is -2.58. The molecule has 4 aliphatic carbocycles. The smallest absolute Gasteiger partial charge is 0.407 e. The van der Waals surface area contributed by atoms with Gasteiger partial charge in [-0.3, -0.25) is 14.4 Å². The summed E-state index contributed by atoms with van der Waals surface area (Å²) in [6.07, 6.45) is 6.18. The molecule has 0 heterocycles. The number of Topliss-reactive ketones (excluding diaryl/α,β-unsaturated/α-hetero) is 1. The van der Waals surface area contributed by atoms with Crippen molar-refractivity contribution in [1.82, 2.24) is 5.32 Å². The van der Waals surface area contributed by atoms with Gasteiger partial charge in [0, 0.05) is 29.7 Å². The van der Waals surface area contributed by atoms with Crippen molar-refractivity contribution in [1.29, 1.82) is 0 Å². The minimum atomic E-state index is -1.71. The number of esters is 1. The number of ketones is 2. The van der Waals surface area contributed by atoms with E-state index in [1.54, 1.807) is 32.9 Å². The number of allylic oxidation sites excluding steroid dienone is 4. The van der Waals surface area contributed by atoms with Crippen molar-refractivity contribution in [2.24, 2.45) is 34.5 Å². The largest absolute Gasteiger partial charge is 0.458 e. The molecule has 4 aliphatic rings. The van der Waals surface area contributed by atoms with Gasteiger partial charge in [0.25, 0.3) is 0 Å². The lowest BCUT2D eigenvalue weighted by atomic mass is 9.45. The van der Waals surface area contributed by atoms with Gasteiger partial charge in [-0.1, -0.05) is 32.4 Å². The first-order valence-electron chi connectivity index (χ1n) is 14.5. The number of fused-ring (bicyclic) bond motifs is 5. The molecule has 0 aliphatic heterocycles. The lowest BCUT2D eigenvalue weighted by Crippen LogP contribution is -2.62. The van der Waals surface area contributed by atoms with Crippen LogP contribution in [0.5, 0.6) is 0 Å². The molecule has 0 aromatic heterocycles. The Bertz CT molecular complexity index is 1120. The molecular formula is C31H45NO8. The Labute approximate surface area is 236 Å². The second-order valence-electron chi connectivity index (χ2n) is 13.8.